The van der Waals surface area contributed by atoms with Gasteiger partial charge >= 0.3 is 5.97 Å². The lowest BCUT2D eigenvalue weighted by Crippen LogP contribution is -2.07. The lowest BCUT2D eigenvalue weighted by atomic mass is 9.93. The van der Waals surface area contributed by atoms with E-state index in [-0.39, 0.29) is 58.1 Å². The largest absolute Gasteiger partial charge is 0.423 e. The highest BCUT2D eigenvalue weighted by molar-refractivity contribution is 7.08. The molecule has 0 saturated carbocycles. The van der Waals surface area contributed by atoms with Crippen molar-refractivity contribution in [1.82, 2.24) is 24.1 Å². The predicted molar refractivity (Wildman–Crippen MR) is 588 cm³/mol. The Hall–Kier alpha value is -16.0. The molecule has 1 aliphatic rings. The number of fused-ring (bicyclic) bond motifs is 12. The van der Waals surface area contributed by atoms with Crippen molar-refractivity contribution in [3.05, 3.63) is 467 Å². The van der Waals surface area contributed by atoms with Gasteiger partial charge in [-0.1, -0.05) is 394 Å². The second-order valence-electron chi connectivity index (χ2n) is 26.8. The summed E-state index contributed by atoms with van der Waals surface area (Å²) < 4.78 is 9.19. The number of ketones is 7. The average molecular weight is 1860 g/mol. The van der Waals surface area contributed by atoms with Gasteiger partial charge in [0.15, 0.2) is 34.7 Å². The Morgan fingerprint density at radius 2 is 0.710 bits per heavy atom. The van der Waals surface area contributed by atoms with Gasteiger partial charge in [0, 0.05) is 60.4 Å². The van der Waals surface area contributed by atoms with Gasteiger partial charge in [-0.3, -0.25) is 42.9 Å². The van der Waals surface area contributed by atoms with E-state index >= 15 is 0 Å². The summed E-state index contributed by atoms with van der Waals surface area (Å²) in [5, 5.41) is 12.9. The summed E-state index contributed by atoms with van der Waals surface area (Å²) >= 11 is 1.51. The molecule has 0 radical (unpaired) electrons. The number of nitrogens with zero attached hydrogens (tertiary/aromatic N) is 5. The highest BCUT2D eigenvalue weighted by atomic mass is 32.1. The fourth-order valence-corrected chi connectivity index (χ4v) is 13.4. The summed E-state index contributed by atoms with van der Waals surface area (Å²) in [6, 6.07) is 94.4. The molecule has 17 rings (SSSR count). The van der Waals surface area contributed by atoms with E-state index in [2.05, 4.69) is 145 Å². The van der Waals surface area contributed by atoms with Crippen LogP contribution in [0, 0.1) is 0 Å². The van der Waals surface area contributed by atoms with E-state index in [1.807, 2.05) is 316 Å². The van der Waals surface area contributed by atoms with Gasteiger partial charge in [-0.25, -0.2) is 19.7 Å². The van der Waals surface area contributed by atoms with Gasteiger partial charge in [-0.05, 0) is 185 Å². The summed E-state index contributed by atoms with van der Waals surface area (Å²) in [5.74, 6) is -0.255. The lowest BCUT2D eigenvalue weighted by Gasteiger charge is -2.08. The molecule has 0 atom stereocenters. The minimum Gasteiger partial charge on any atom is -0.423 e. The van der Waals surface area contributed by atoms with Gasteiger partial charge in [-0.2, -0.15) is 11.3 Å². The van der Waals surface area contributed by atoms with Gasteiger partial charge in [0.05, 0.1) is 28.0 Å². The van der Waals surface area contributed by atoms with Crippen LogP contribution in [-0.2, 0) is 14.4 Å². The standard InChI is InChI=1S/C21H15NO.C18H14O2.C16H12O.C15H11NO.C10H10O.C9H8O.C7H6OS.C6H5N3O.C4H6O.8C2H6/c1-2-21(23)15-11-13-16(14-12-15)22-19-9-5-3-7-17(19)18-8-4-6-10-20(18)22;1-12(2)18(19)20-15-9-10-17-14(11-15)8-7-13-5-3-4-6-16(13)17;2*1-2-15(17)16-13-9-5-3-7-11(13)12-8-4-6-10-14(12)16;1-8(2)10(11)9-6-4-3-5-7-9;1-2-9(10)8-6-4-3-5-7-8;1-2-7(8)6-3-4-9-5-6;1-2-5(10)6-8-3-7-4-9-6;1-3-4(2)5;8*1-2/h2-14H,1H2;3-11H,1H2,2H3;2-10,16H,1H2;2-10H,1H2;3-7H,1H2,2H3;2-7H,1H2;2-5H,1H2;2-4H,1H2;3H,1H2,2H3;8*1-2H3. The van der Waals surface area contributed by atoms with Gasteiger partial charge in [0.2, 0.25) is 11.6 Å². The third-order valence-corrected chi connectivity index (χ3v) is 19.3. The molecular weight excluding hydrogens is 1730 g/mol. The number of hydrogen-bond acceptors (Lipinski definition) is 14. The van der Waals surface area contributed by atoms with Crippen LogP contribution in [0.5, 0.6) is 5.75 Å². The maximum atomic E-state index is 12.0. The molecule has 12 aromatic carbocycles. The van der Waals surface area contributed by atoms with Crippen LogP contribution in [0.1, 0.15) is 205 Å². The van der Waals surface area contributed by atoms with Crippen LogP contribution in [-0.4, -0.2) is 76.4 Å². The number of aromatic nitrogens is 5. The Balaban J connectivity index is 0.000000778. The number of ether oxygens (including phenoxy) is 1. The van der Waals surface area contributed by atoms with Gasteiger partial charge in [0.25, 0.3) is 5.91 Å². The molecule has 1 aliphatic carbocycles. The smallest absolute Gasteiger partial charge is 0.338 e. The van der Waals surface area contributed by atoms with E-state index in [1.54, 1.807) is 48.7 Å². The second kappa shape index (κ2) is 68.9. The summed E-state index contributed by atoms with van der Waals surface area (Å²) in [6.07, 6.45) is 11.7. The summed E-state index contributed by atoms with van der Waals surface area (Å²) in [6.45, 7) is 67.9. The zero-order valence-corrected chi connectivity index (χ0v) is 84.5. The van der Waals surface area contributed by atoms with Crippen molar-refractivity contribution < 1.29 is 47.9 Å². The third kappa shape index (κ3) is 35.7. The molecule has 15 nitrogen and oxygen atoms in total. The number of thiophene rings is 1. The van der Waals surface area contributed by atoms with Crippen molar-refractivity contribution >= 4 is 129 Å². The predicted octanol–water partition coefficient (Wildman–Crippen LogP) is 32.6. The molecular formula is C122H135N5O10S. The summed E-state index contributed by atoms with van der Waals surface area (Å²) in [5.41, 5.74) is 13.5. The minimum atomic E-state index is -0.398. The minimum absolute atomic E-state index is 0.00347. The number of allylic oxidation sites excluding steroid dienone is 8. The molecule has 16 aromatic rings. The SMILES string of the molecule is C=C(C)C(=O)Oc1ccc2c(ccc3ccccc32)c1.C=C(C)C(=O)c1ccccc1.C=CC(=O)C1c2ccccc2-c2ccccc21.C=CC(=O)c1ccc(-n2c3ccccc3c3ccccc32)cc1.C=CC(=O)c1ccccc1.C=CC(=O)c1ccsc1.C=CC(=O)c1ncncn1.C=CC(=O)n1c2ccccc2c2ccccc21.C=CC(C)=O.CC.CC.CC.CC.CC.CC.CC.CC. The molecule has 0 N–H and O–H groups in total. The Morgan fingerprint density at radius 3 is 1.12 bits per heavy atom. The molecule has 4 heterocycles. The molecule has 0 fully saturated rings. The summed E-state index contributed by atoms with van der Waals surface area (Å²) in [7, 11) is 0. The molecule has 0 aliphatic heterocycles. The van der Waals surface area contributed by atoms with Gasteiger partial charge < -0.3 is 9.30 Å². The maximum Gasteiger partial charge on any atom is 0.338 e. The van der Waals surface area contributed by atoms with Crippen molar-refractivity contribution in [3.8, 4) is 22.6 Å². The second-order valence-corrected chi connectivity index (χ2v) is 27.6. The molecule has 4 aromatic heterocycles. The normalized spacial score (nSPS) is 9.47. The van der Waals surface area contributed by atoms with Crippen molar-refractivity contribution in [2.75, 3.05) is 0 Å². The number of Topliss-reactive ketones (excluding diaryl/α,β-unsaturated/α-hetero) is 1. The molecule has 0 amide bonds. The quantitative estimate of drug-likeness (QED) is 0.0273. The third-order valence-electron chi connectivity index (χ3n) is 18.6. The van der Waals surface area contributed by atoms with Crippen LogP contribution in [0.15, 0.2) is 427 Å². The summed E-state index contributed by atoms with van der Waals surface area (Å²) in [4.78, 5) is 111. The molecule has 0 saturated heterocycles. The molecule has 0 bridgehead atoms. The van der Waals surface area contributed by atoms with Crippen LogP contribution < -0.4 is 4.74 Å². The first-order valence-electron chi connectivity index (χ1n) is 46.2. The van der Waals surface area contributed by atoms with E-state index in [1.165, 1.54) is 100 Å². The van der Waals surface area contributed by atoms with Crippen LogP contribution in [0.2, 0.25) is 0 Å². The number of benzene rings is 12. The van der Waals surface area contributed by atoms with E-state index in [0.717, 1.165) is 72.1 Å². The number of esters is 1. The van der Waals surface area contributed by atoms with Crippen molar-refractivity contribution in [1.29, 1.82) is 0 Å². The number of carbonyl (C=O) groups is 9. The van der Waals surface area contributed by atoms with E-state index < -0.39 is 5.97 Å². The van der Waals surface area contributed by atoms with Crippen molar-refractivity contribution in [3.63, 3.8) is 0 Å². The molecule has 138 heavy (non-hydrogen) atoms. The Kier molecular flexibility index (Phi) is 59.9. The first kappa shape index (κ1) is 120. The Labute approximate surface area is 822 Å². The van der Waals surface area contributed by atoms with Gasteiger partial charge in [0.1, 0.15) is 18.4 Å². The highest BCUT2D eigenvalue weighted by Crippen LogP contribution is 2.45. The van der Waals surface area contributed by atoms with Gasteiger partial charge in [-0.15, -0.1) is 0 Å². The fourth-order valence-electron chi connectivity index (χ4n) is 12.7. The number of carbonyl (C=O) groups excluding carboxylic acids is 9. The fraction of sp³-hybridized carbons (Fsp3) is 0.164. The Morgan fingerprint density at radius 1 is 0.341 bits per heavy atom. The lowest BCUT2D eigenvalue weighted by molar-refractivity contribution is -0.130. The van der Waals surface area contributed by atoms with Crippen LogP contribution in [0.3, 0.4) is 0 Å². The van der Waals surface area contributed by atoms with Crippen LogP contribution >= 0.6 is 11.3 Å². The zero-order valence-electron chi connectivity index (χ0n) is 83.7. The van der Waals surface area contributed by atoms with Crippen molar-refractivity contribution in [2.24, 2.45) is 0 Å². The molecule has 714 valence electrons. The van der Waals surface area contributed by atoms with Crippen LogP contribution in [0.25, 0.3) is 82.0 Å². The number of para-hydroxylation sites is 4. The molecule has 16 heteroatoms. The first-order chi connectivity index (χ1) is 67.1. The van der Waals surface area contributed by atoms with E-state index in [4.69, 9.17) is 4.74 Å². The maximum absolute atomic E-state index is 12.0. The molecule has 0 unspecified atom stereocenters. The van der Waals surface area contributed by atoms with Crippen molar-refractivity contribution in [2.45, 2.75) is 137 Å². The van der Waals surface area contributed by atoms with E-state index in [0.29, 0.717) is 33.6 Å². The highest BCUT2D eigenvalue weighted by Gasteiger charge is 2.32. The Bertz CT molecular complexity index is 6390. The topological polar surface area (TPSA) is 211 Å². The molecule has 0 spiro atoms. The average Bonchev–Trinajstić information content (AvgIpc) is 1.61. The number of rotatable bonds is 17. The first-order valence-corrected chi connectivity index (χ1v) is 47.2. The number of hydrogen-bond donors (Lipinski definition) is 0. The van der Waals surface area contributed by atoms with E-state index in [9.17, 15) is 43.2 Å². The zero-order chi connectivity index (χ0) is 104. The van der Waals surface area contributed by atoms with Crippen LogP contribution in [0.4, 0.5) is 0 Å². The monoisotopic (exact) mass is 1860 g/mol.